The molecule has 0 amide bonds. The first kappa shape index (κ1) is 10.9. The lowest BCUT2D eigenvalue weighted by Crippen LogP contribution is -2.49. The predicted molar refractivity (Wildman–Crippen MR) is 55.4 cm³/mol. The van der Waals surface area contributed by atoms with Crippen LogP contribution in [-0.2, 0) is 0 Å². The van der Waals surface area contributed by atoms with Crippen molar-refractivity contribution in [2.24, 2.45) is 0 Å². The van der Waals surface area contributed by atoms with Crippen LogP contribution in [0.3, 0.4) is 0 Å². The second kappa shape index (κ2) is 4.07. The number of hydrogen-bond acceptors (Lipinski definition) is 1. The van der Waals surface area contributed by atoms with Gasteiger partial charge in [0.15, 0.2) is 0 Å². The zero-order valence-electron chi connectivity index (χ0n) is 8.52. The van der Waals surface area contributed by atoms with Crippen LogP contribution in [0.25, 0.3) is 0 Å². The topological polar surface area (TPSA) is 3.24 Å². The molecular formula is C9H21NSi. The molecule has 0 aliphatic carbocycles. The molecule has 0 aliphatic rings. The van der Waals surface area contributed by atoms with Gasteiger partial charge in [0.1, 0.15) is 8.24 Å². The first-order chi connectivity index (χ1) is 4.89. The van der Waals surface area contributed by atoms with E-state index < -0.39 is 8.24 Å². The summed E-state index contributed by atoms with van der Waals surface area (Å²) in [5.74, 6) is 0. The Labute approximate surface area is 72.2 Å². The molecule has 0 aromatic rings. The summed E-state index contributed by atoms with van der Waals surface area (Å²) in [5, 5.41) is 0. The fraction of sp³-hybridized carbons (Fsp3) is 0.778. The van der Waals surface area contributed by atoms with Gasteiger partial charge in [-0.25, -0.2) is 0 Å². The van der Waals surface area contributed by atoms with Crippen molar-refractivity contribution < 1.29 is 0 Å². The van der Waals surface area contributed by atoms with E-state index in [4.69, 9.17) is 0 Å². The third-order valence-corrected chi connectivity index (χ3v) is 4.23. The highest BCUT2D eigenvalue weighted by atomic mass is 28.3. The Morgan fingerprint density at radius 1 is 1.36 bits per heavy atom. The SMILES string of the molecule is C=CCN(C(C)C)[Si](C)(C)C. The molecule has 0 fully saturated rings. The van der Waals surface area contributed by atoms with Gasteiger partial charge in [0.05, 0.1) is 0 Å². The summed E-state index contributed by atoms with van der Waals surface area (Å²) in [6, 6.07) is 0.652. The first-order valence-electron chi connectivity index (χ1n) is 4.27. The maximum absolute atomic E-state index is 3.78. The molecule has 0 saturated carbocycles. The molecular weight excluding hydrogens is 150 g/mol. The lowest BCUT2D eigenvalue weighted by molar-refractivity contribution is 0.387. The van der Waals surface area contributed by atoms with E-state index in [0.29, 0.717) is 6.04 Å². The van der Waals surface area contributed by atoms with Crippen LogP contribution in [0.4, 0.5) is 0 Å². The monoisotopic (exact) mass is 171 g/mol. The van der Waals surface area contributed by atoms with Gasteiger partial charge in [-0.15, -0.1) is 6.58 Å². The highest BCUT2D eigenvalue weighted by Crippen LogP contribution is 2.12. The van der Waals surface area contributed by atoms with Gasteiger partial charge in [0, 0.05) is 6.54 Å². The van der Waals surface area contributed by atoms with E-state index in [1.807, 2.05) is 6.08 Å². The summed E-state index contributed by atoms with van der Waals surface area (Å²) >= 11 is 0. The number of rotatable bonds is 4. The second-order valence-corrected chi connectivity index (χ2v) is 9.12. The molecule has 0 unspecified atom stereocenters. The number of nitrogens with zero attached hydrogens (tertiary/aromatic N) is 1. The zero-order chi connectivity index (χ0) is 9.07. The van der Waals surface area contributed by atoms with E-state index in [9.17, 15) is 0 Å². The van der Waals surface area contributed by atoms with Gasteiger partial charge in [0.25, 0.3) is 0 Å². The van der Waals surface area contributed by atoms with Crippen molar-refractivity contribution in [2.45, 2.75) is 39.5 Å². The average molecular weight is 171 g/mol. The van der Waals surface area contributed by atoms with E-state index >= 15 is 0 Å². The van der Waals surface area contributed by atoms with Crippen molar-refractivity contribution >= 4 is 8.24 Å². The summed E-state index contributed by atoms with van der Waals surface area (Å²) in [7, 11) is -1.11. The first-order valence-corrected chi connectivity index (χ1v) is 7.72. The van der Waals surface area contributed by atoms with Crippen LogP contribution < -0.4 is 0 Å². The van der Waals surface area contributed by atoms with Gasteiger partial charge in [-0.2, -0.15) is 0 Å². The van der Waals surface area contributed by atoms with Crippen LogP contribution in [0.5, 0.6) is 0 Å². The van der Waals surface area contributed by atoms with Crippen LogP contribution in [0.15, 0.2) is 12.7 Å². The molecule has 0 spiro atoms. The minimum atomic E-state index is -1.11. The molecule has 11 heavy (non-hydrogen) atoms. The van der Waals surface area contributed by atoms with Crippen molar-refractivity contribution in [3.05, 3.63) is 12.7 Å². The molecule has 2 heteroatoms. The van der Waals surface area contributed by atoms with E-state index in [-0.39, 0.29) is 0 Å². The Balaban J connectivity index is 4.21. The Bertz CT molecular complexity index is 124. The molecule has 0 N–H and O–H groups in total. The molecule has 66 valence electrons. The average Bonchev–Trinajstić information content (AvgIpc) is 1.79. The van der Waals surface area contributed by atoms with Gasteiger partial charge >= 0.3 is 0 Å². The van der Waals surface area contributed by atoms with Gasteiger partial charge in [-0.1, -0.05) is 39.6 Å². The predicted octanol–water partition coefficient (Wildman–Crippen LogP) is 2.72. The lowest BCUT2D eigenvalue weighted by atomic mass is 10.4. The zero-order valence-corrected chi connectivity index (χ0v) is 9.52. The van der Waals surface area contributed by atoms with E-state index in [1.54, 1.807) is 0 Å². The van der Waals surface area contributed by atoms with Crippen LogP contribution in [0.1, 0.15) is 13.8 Å². The third kappa shape index (κ3) is 3.73. The van der Waals surface area contributed by atoms with E-state index in [1.165, 1.54) is 0 Å². The maximum Gasteiger partial charge on any atom is 0.119 e. The Morgan fingerprint density at radius 2 is 1.82 bits per heavy atom. The van der Waals surface area contributed by atoms with Gasteiger partial charge < -0.3 is 4.57 Å². The van der Waals surface area contributed by atoms with Crippen molar-refractivity contribution in [1.82, 2.24) is 4.57 Å². The minimum absolute atomic E-state index is 0.652. The highest BCUT2D eigenvalue weighted by Gasteiger charge is 2.24. The normalized spacial score (nSPS) is 12.6. The highest BCUT2D eigenvalue weighted by molar-refractivity contribution is 6.73. The quantitative estimate of drug-likeness (QED) is 0.464. The molecule has 1 nitrogen and oxygen atoms in total. The second-order valence-electron chi connectivity index (χ2n) is 4.21. The van der Waals surface area contributed by atoms with Crippen molar-refractivity contribution in [1.29, 1.82) is 0 Å². The maximum atomic E-state index is 3.78. The van der Waals surface area contributed by atoms with Gasteiger partial charge in [-0.3, -0.25) is 0 Å². The van der Waals surface area contributed by atoms with Crippen molar-refractivity contribution in [3.63, 3.8) is 0 Å². The van der Waals surface area contributed by atoms with E-state index in [0.717, 1.165) is 6.54 Å². The van der Waals surface area contributed by atoms with Crippen LogP contribution >= 0.6 is 0 Å². The summed E-state index contributed by atoms with van der Waals surface area (Å²) in [5.41, 5.74) is 0. The molecule has 0 saturated heterocycles. The van der Waals surface area contributed by atoms with Crippen molar-refractivity contribution in [3.8, 4) is 0 Å². The fourth-order valence-electron chi connectivity index (χ4n) is 1.40. The largest absolute Gasteiger partial charge is 0.318 e. The molecule has 0 bridgehead atoms. The van der Waals surface area contributed by atoms with Gasteiger partial charge in [-0.05, 0) is 6.04 Å². The summed E-state index contributed by atoms with van der Waals surface area (Å²) in [4.78, 5) is 0. The standard InChI is InChI=1S/C9H21NSi/c1-7-8-10(9(2)3)11(4,5)6/h7,9H,1,8H2,2-6H3. The third-order valence-electron chi connectivity index (χ3n) is 1.81. The Morgan fingerprint density at radius 3 is 1.91 bits per heavy atom. The summed E-state index contributed by atoms with van der Waals surface area (Å²) < 4.78 is 2.56. The Kier molecular flexibility index (Phi) is 4.04. The Hall–Kier alpha value is -0.0831. The van der Waals surface area contributed by atoms with Crippen LogP contribution in [-0.4, -0.2) is 25.4 Å². The smallest absolute Gasteiger partial charge is 0.119 e. The lowest BCUT2D eigenvalue weighted by Gasteiger charge is -2.36. The molecule has 0 aliphatic heterocycles. The van der Waals surface area contributed by atoms with Crippen LogP contribution in [0.2, 0.25) is 19.6 Å². The molecule has 0 atom stereocenters. The molecule has 0 heterocycles. The van der Waals surface area contributed by atoms with E-state index in [2.05, 4.69) is 44.6 Å². The van der Waals surface area contributed by atoms with Crippen molar-refractivity contribution in [2.75, 3.05) is 6.54 Å². The van der Waals surface area contributed by atoms with Gasteiger partial charge in [0.2, 0.25) is 0 Å². The summed E-state index contributed by atoms with van der Waals surface area (Å²) in [6.45, 7) is 16.4. The summed E-state index contributed by atoms with van der Waals surface area (Å²) in [6.07, 6.45) is 2.00. The van der Waals surface area contributed by atoms with Crippen LogP contribution in [0, 0.1) is 0 Å². The number of hydrogen-bond donors (Lipinski definition) is 0. The fourth-order valence-corrected chi connectivity index (χ4v) is 3.62. The molecule has 0 aromatic carbocycles. The molecule has 0 rings (SSSR count). The molecule has 0 aromatic heterocycles. The molecule has 0 radical (unpaired) electrons. The minimum Gasteiger partial charge on any atom is -0.318 e.